The van der Waals surface area contributed by atoms with E-state index < -0.39 is 23.8 Å². The summed E-state index contributed by atoms with van der Waals surface area (Å²) in [7, 11) is 1.48. The minimum atomic E-state index is -4.82. The summed E-state index contributed by atoms with van der Waals surface area (Å²) >= 11 is 0. The van der Waals surface area contributed by atoms with Crippen LogP contribution in [0.25, 0.3) is 6.08 Å². The van der Waals surface area contributed by atoms with E-state index in [1.165, 1.54) is 25.3 Å². The molecule has 1 aliphatic rings. The van der Waals surface area contributed by atoms with Gasteiger partial charge in [-0.1, -0.05) is 6.07 Å². The van der Waals surface area contributed by atoms with Crippen molar-refractivity contribution in [3.63, 3.8) is 0 Å². The first-order chi connectivity index (χ1) is 10.3. The molecule has 0 aliphatic carbocycles. The predicted molar refractivity (Wildman–Crippen MR) is 69.9 cm³/mol. The van der Waals surface area contributed by atoms with Gasteiger partial charge in [-0.3, -0.25) is 0 Å². The standard InChI is InChI=1S/C14H13F3O5/c1-20-5-6-21-10-3-2-4-11-8(10)7-9(13(18)19)12(22-11)14(15,16)17/h2-4,7,12H,5-6H2,1H3,(H,18,19). The number of rotatable bonds is 5. The average molecular weight is 318 g/mol. The number of hydrogen-bond acceptors (Lipinski definition) is 4. The average Bonchev–Trinajstić information content (AvgIpc) is 2.45. The zero-order valence-electron chi connectivity index (χ0n) is 11.5. The minimum absolute atomic E-state index is 0.0813. The van der Waals surface area contributed by atoms with Crippen molar-refractivity contribution in [1.82, 2.24) is 0 Å². The fourth-order valence-corrected chi connectivity index (χ4v) is 1.97. The van der Waals surface area contributed by atoms with Crippen LogP contribution >= 0.6 is 0 Å². The van der Waals surface area contributed by atoms with E-state index in [0.29, 0.717) is 0 Å². The molecule has 1 aromatic carbocycles. The van der Waals surface area contributed by atoms with Crippen molar-refractivity contribution < 1.29 is 37.3 Å². The van der Waals surface area contributed by atoms with Crippen molar-refractivity contribution in [3.05, 3.63) is 29.3 Å². The maximum Gasteiger partial charge on any atom is 0.430 e. The number of carbonyl (C=O) groups is 1. The molecule has 0 saturated heterocycles. The van der Waals surface area contributed by atoms with Gasteiger partial charge in [0, 0.05) is 7.11 Å². The number of methoxy groups -OCH3 is 1. The minimum Gasteiger partial charge on any atom is -0.490 e. The molecule has 22 heavy (non-hydrogen) atoms. The summed E-state index contributed by atoms with van der Waals surface area (Å²) in [6.07, 6.45) is -6.40. The number of carboxylic acids is 1. The van der Waals surface area contributed by atoms with Crippen LogP contribution < -0.4 is 9.47 Å². The highest BCUT2D eigenvalue weighted by atomic mass is 19.4. The van der Waals surface area contributed by atoms with Crippen LogP contribution in [0, 0.1) is 0 Å². The van der Waals surface area contributed by atoms with Crippen LogP contribution in [0.3, 0.4) is 0 Å². The molecule has 120 valence electrons. The normalized spacial score (nSPS) is 17.3. The van der Waals surface area contributed by atoms with E-state index in [1.54, 1.807) is 0 Å². The number of aliphatic carboxylic acids is 1. The van der Waals surface area contributed by atoms with E-state index >= 15 is 0 Å². The summed E-state index contributed by atoms with van der Waals surface area (Å²) in [5, 5.41) is 8.99. The van der Waals surface area contributed by atoms with Crippen molar-refractivity contribution in [3.8, 4) is 11.5 Å². The van der Waals surface area contributed by atoms with Crippen LogP contribution in [0.4, 0.5) is 13.2 Å². The largest absolute Gasteiger partial charge is 0.490 e. The second-order valence-corrected chi connectivity index (χ2v) is 4.45. The zero-order chi connectivity index (χ0) is 16.3. The van der Waals surface area contributed by atoms with E-state index in [2.05, 4.69) is 0 Å². The Bertz CT molecular complexity index is 595. The first-order valence-corrected chi connectivity index (χ1v) is 6.27. The van der Waals surface area contributed by atoms with Gasteiger partial charge in [-0.05, 0) is 18.2 Å². The van der Waals surface area contributed by atoms with Crippen molar-refractivity contribution >= 4 is 12.0 Å². The van der Waals surface area contributed by atoms with E-state index in [1.807, 2.05) is 0 Å². The van der Waals surface area contributed by atoms with E-state index in [9.17, 15) is 18.0 Å². The Balaban J connectivity index is 2.40. The highest BCUT2D eigenvalue weighted by Crippen LogP contribution is 2.40. The Morgan fingerprint density at radius 2 is 2.09 bits per heavy atom. The lowest BCUT2D eigenvalue weighted by molar-refractivity contribution is -0.187. The van der Waals surface area contributed by atoms with Gasteiger partial charge in [0.05, 0.1) is 17.7 Å². The molecule has 1 N–H and O–H groups in total. The number of carboxylic acid groups (broad SMARTS) is 1. The van der Waals surface area contributed by atoms with Crippen LogP contribution in [-0.4, -0.2) is 43.7 Å². The number of benzene rings is 1. The van der Waals surface area contributed by atoms with E-state index in [0.717, 1.165) is 6.08 Å². The molecular weight excluding hydrogens is 305 g/mol. The SMILES string of the molecule is COCCOc1cccc2c1C=C(C(=O)O)C(C(F)(F)F)O2. The van der Waals surface area contributed by atoms with Crippen molar-refractivity contribution in [2.75, 3.05) is 20.3 Å². The molecule has 1 aromatic rings. The maximum atomic E-state index is 12.9. The summed E-state index contributed by atoms with van der Waals surface area (Å²) < 4.78 is 53.8. The van der Waals surface area contributed by atoms with Crippen LogP contribution in [0.2, 0.25) is 0 Å². The molecule has 0 amide bonds. The monoisotopic (exact) mass is 318 g/mol. The molecule has 1 unspecified atom stereocenters. The summed E-state index contributed by atoms with van der Waals surface area (Å²) in [6.45, 7) is 0.455. The quantitative estimate of drug-likeness (QED) is 0.845. The summed E-state index contributed by atoms with van der Waals surface area (Å²) in [4.78, 5) is 11.1. The maximum absolute atomic E-state index is 12.9. The van der Waals surface area contributed by atoms with Gasteiger partial charge in [0.25, 0.3) is 0 Å². The molecule has 1 atom stereocenters. The molecule has 0 fully saturated rings. The summed E-state index contributed by atoms with van der Waals surface area (Å²) in [6, 6.07) is 4.31. The molecule has 1 heterocycles. The Labute approximate surface area is 123 Å². The van der Waals surface area contributed by atoms with Crippen LogP contribution in [0.5, 0.6) is 11.5 Å². The first kappa shape index (κ1) is 16.2. The first-order valence-electron chi connectivity index (χ1n) is 6.27. The molecule has 5 nitrogen and oxygen atoms in total. The lowest BCUT2D eigenvalue weighted by Gasteiger charge is -2.27. The number of ether oxygens (including phenoxy) is 3. The van der Waals surface area contributed by atoms with Gasteiger partial charge in [-0.2, -0.15) is 13.2 Å². The lowest BCUT2D eigenvalue weighted by Crippen LogP contribution is -2.40. The molecule has 0 saturated carbocycles. The Hall–Kier alpha value is -2.22. The zero-order valence-corrected chi connectivity index (χ0v) is 11.5. The number of halogens is 3. The lowest BCUT2D eigenvalue weighted by atomic mass is 10.0. The summed E-state index contributed by atoms with van der Waals surface area (Å²) in [5.41, 5.74) is -0.723. The smallest absolute Gasteiger partial charge is 0.430 e. The third-order valence-electron chi connectivity index (χ3n) is 2.94. The van der Waals surface area contributed by atoms with Crippen molar-refractivity contribution in [1.29, 1.82) is 0 Å². The van der Waals surface area contributed by atoms with Gasteiger partial charge in [0.1, 0.15) is 18.1 Å². The molecule has 0 spiro atoms. The Kier molecular flexibility index (Phi) is 4.60. The molecular formula is C14H13F3O5. The van der Waals surface area contributed by atoms with Crippen LogP contribution in [0.15, 0.2) is 23.8 Å². The van der Waals surface area contributed by atoms with Gasteiger partial charge in [0.15, 0.2) is 0 Å². The fourth-order valence-electron chi connectivity index (χ4n) is 1.97. The molecule has 0 bridgehead atoms. The fraction of sp³-hybridized carbons (Fsp3) is 0.357. The Morgan fingerprint density at radius 1 is 1.36 bits per heavy atom. The third kappa shape index (κ3) is 3.33. The van der Waals surface area contributed by atoms with Gasteiger partial charge in [-0.25, -0.2) is 4.79 Å². The van der Waals surface area contributed by atoms with Crippen molar-refractivity contribution in [2.45, 2.75) is 12.3 Å². The van der Waals surface area contributed by atoms with Crippen LogP contribution in [0.1, 0.15) is 5.56 Å². The topological polar surface area (TPSA) is 65.0 Å². The molecule has 8 heteroatoms. The second kappa shape index (κ2) is 6.27. The third-order valence-corrected chi connectivity index (χ3v) is 2.94. The Morgan fingerprint density at radius 3 is 2.68 bits per heavy atom. The molecule has 0 aromatic heterocycles. The molecule has 0 radical (unpaired) electrons. The number of alkyl halides is 3. The molecule has 2 rings (SSSR count). The highest BCUT2D eigenvalue weighted by Gasteiger charge is 2.48. The molecule has 1 aliphatic heterocycles. The number of hydrogen-bond donors (Lipinski definition) is 1. The summed E-state index contributed by atoms with van der Waals surface area (Å²) in [5.74, 6) is -1.55. The second-order valence-electron chi connectivity index (χ2n) is 4.45. The predicted octanol–water partition coefficient (Wildman–Crippen LogP) is 2.50. The van der Waals surface area contributed by atoms with Gasteiger partial charge in [0.2, 0.25) is 6.10 Å². The van der Waals surface area contributed by atoms with Gasteiger partial charge in [-0.15, -0.1) is 0 Å². The van der Waals surface area contributed by atoms with Crippen LogP contribution in [-0.2, 0) is 9.53 Å². The van der Waals surface area contributed by atoms with Crippen molar-refractivity contribution in [2.24, 2.45) is 0 Å². The van der Waals surface area contributed by atoms with Gasteiger partial charge < -0.3 is 19.3 Å². The number of fused-ring (bicyclic) bond motifs is 1. The highest BCUT2D eigenvalue weighted by molar-refractivity contribution is 5.95. The van der Waals surface area contributed by atoms with E-state index in [4.69, 9.17) is 19.3 Å². The van der Waals surface area contributed by atoms with Gasteiger partial charge >= 0.3 is 12.1 Å². The van der Waals surface area contributed by atoms with E-state index in [-0.39, 0.29) is 30.3 Å².